The summed E-state index contributed by atoms with van der Waals surface area (Å²) >= 11 is 0. The predicted octanol–water partition coefficient (Wildman–Crippen LogP) is 2.59. The molecule has 1 aromatic rings. The van der Waals surface area contributed by atoms with Crippen LogP contribution < -0.4 is 0 Å². The summed E-state index contributed by atoms with van der Waals surface area (Å²) in [5.74, 6) is -2.68. The molecule has 108 valence electrons. The number of hydrogen-bond acceptors (Lipinski definition) is 6. The first kappa shape index (κ1) is 15.9. The molecule has 0 amide bonds. The van der Waals surface area contributed by atoms with Gasteiger partial charge in [-0.1, -0.05) is 25.8 Å². The minimum absolute atomic E-state index is 0.166. The highest BCUT2D eigenvalue weighted by Gasteiger charge is 2.26. The molecule has 0 saturated heterocycles. The van der Waals surface area contributed by atoms with E-state index in [4.69, 9.17) is 0 Å². The lowest BCUT2D eigenvalue weighted by atomic mass is 10.0. The van der Waals surface area contributed by atoms with E-state index in [1.807, 2.05) is 0 Å². The number of carbonyl (C=O) groups excluding carboxylic acids is 3. The molecule has 0 aliphatic carbocycles. The number of esters is 3. The molecule has 0 bridgehead atoms. The fourth-order valence-corrected chi connectivity index (χ4v) is 1.53. The van der Waals surface area contributed by atoms with E-state index >= 15 is 0 Å². The highest BCUT2D eigenvalue weighted by Crippen LogP contribution is 2.19. The van der Waals surface area contributed by atoms with Crippen LogP contribution in [0.1, 0.15) is 31.1 Å². The van der Waals surface area contributed by atoms with Crippen LogP contribution in [-0.4, -0.2) is 17.9 Å². The molecular weight excluding hydrogens is 276 g/mol. The van der Waals surface area contributed by atoms with Gasteiger partial charge in [0.2, 0.25) is 0 Å². The normalized spacial score (nSPS) is 9.14. The minimum atomic E-state index is -0.947. The molecule has 0 saturated carbocycles. The van der Waals surface area contributed by atoms with E-state index in [1.165, 1.54) is 18.2 Å². The lowest BCUT2D eigenvalue weighted by Crippen LogP contribution is -2.17. The zero-order valence-corrected chi connectivity index (χ0v) is 11.0. The van der Waals surface area contributed by atoms with Crippen LogP contribution in [0.3, 0.4) is 0 Å². The monoisotopic (exact) mass is 288 g/mol. The molecule has 0 N–H and O–H groups in total. The zero-order chi connectivity index (χ0) is 15.8. The molecule has 0 radical (unpaired) electrons. The lowest BCUT2D eigenvalue weighted by molar-refractivity contribution is 0.0600. The van der Waals surface area contributed by atoms with E-state index in [0.29, 0.717) is 0 Å². The Labute approximate surface area is 120 Å². The Morgan fingerprint density at radius 3 is 1.52 bits per heavy atom. The van der Waals surface area contributed by atoms with E-state index in [9.17, 15) is 14.4 Å². The van der Waals surface area contributed by atoms with Gasteiger partial charge in [-0.15, -0.1) is 0 Å². The minimum Gasteiger partial charge on any atom is -0.432 e. The summed E-state index contributed by atoms with van der Waals surface area (Å²) in [6.45, 7) is 9.73. The number of carbonyl (C=O) groups is 3. The molecule has 0 aromatic heterocycles. The molecule has 21 heavy (non-hydrogen) atoms. The zero-order valence-electron chi connectivity index (χ0n) is 11.0. The highest BCUT2D eigenvalue weighted by molar-refractivity contribution is 6.10. The van der Waals surface area contributed by atoms with Crippen LogP contribution in [0.5, 0.6) is 0 Å². The number of benzene rings is 1. The maximum absolute atomic E-state index is 11.9. The summed E-state index contributed by atoms with van der Waals surface area (Å²) in [7, 11) is 0. The van der Waals surface area contributed by atoms with Crippen LogP contribution in [0.2, 0.25) is 0 Å². The van der Waals surface area contributed by atoms with Gasteiger partial charge in [-0.3, -0.25) is 0 Å². The van der Waals surface area contributed by atoms with Crippen LogP contribution >= 0.6 is 0 Å². The average Bonchev–Trinajstić information content (AvgIpc) is 2.47. The van der Waals surface area contributed by atoms with Crippen LogP contribution in [-0.2, 0) is 14.2 Å². The largest absolute Gasteiger partial charge is 0.432 e. The molecule has 6 nitrogen and oxygen atoms in total. The van der Waals surface area contributed by atoms with Gasteiger partial charge in [-0.05, 0) is 12.1 Å². The van der Waals surface area contributed by atoms with Crippen molar-refractivity contribution < 1.29 is 28.6 Å². The molecule has 6 heteroatoms. The summed E-state index contributed by atoms with van der Waals surface area (Å²) in [6, 6.07) is 4.00. The van der Waals surface area contributed by atoms with Crippen LogP contribution in [0, 0.1) is 0 Å². The SMILES string of the molecule is C=COC(=O)c1cccc(C(=O)OC=C)c1C(=O)OC=C. The van der Waals surface area contributed by atoms with Gasteiger partial charge in [0.05, 0.1) is 35.5 Å². The fourth-order valence-electron chi connectivity index (χ4n) is 1.53. The van der Waals surface area contributed by atoms with Gasteiger partial charge in [0.15, 0.2) is 0 Å². The first-order valence-electron chi connectivity index (χ1n) is 5.65. The van der Waals surface area contributed by atoms with Gasteiger partial charge in [0.1, 0.15) is 0 Å². The van der Waals surface area contributed by atoms with E-state index in [2.05, 4.69) is 33.9 Å². The second kappa shape index (κ2) is 7.44. The quantitative estimate of drug-likeness (QED) is 0.455. The molecular formula is C15H12O6. The Morgan fingerprint density at radius 1 is 0.762 bits per heavy atom. The van der Waals surface area contributed by atoms with Crippen molar-refractivity contribution in [2.75, 3.05) is 0 Å². The third kappa shape index (κ3) is 3.66. The van der Waals surface area contributed by atoms with Gasteiger partial charge in [0.25, 0.3) is 0 Å². The van der Waals surface area contributed by atoms with Crippen molar-refractivity contribution in [3.05, 3.63) is 73.4 Å². The molecule has 1 aromatic carbocycles. The summed E-state index contributed by atoms with van der Waals surface area (Å²) < 4.78 is 13.8. The summed E-state index contributed by atoms with van der Waals surface area (Å²) in [4.78, 5) is 35.6. The van der Waals surface area contributed by atoms with Crippen molar-refractivity contribution >= 4 is 17.9 Å². The molecule has 0 spiro atoms. The van der Waals surface area contributed by atoms with Crippen LogP contribution in [0.25, 0.3) is 0 Å². The van der Waals surface area contributed by atoms with Crippen LogP contribution in [0.15, 0.2) is 56.7 Å². The van der Waals surface area contributed by atoms with Crippen molar-refractivity contribution in [2.24, 2.45) is 0 Å². The second-order valence-corrected chi connectivity index (χ2v) is 3.44. The number of rotatable bonds is 6. The Hall–Kier alpha value is -3.15. The van der Waals surface area contributed by atoms with Crippen molar-refractivity contribution in [1.82, 2.24) is 0 Å². The Morgan fingerprint density at radius 2 is 1.14 bits per heavy atom. The third-order valence-electron chi connectivity index (χ3n) is 2.28. The predicted molar refractivity (Wildman–Crippen MR) is 73.3 cm³/mol. The molecule has 1 rings (SSSR count). The lowest BCUT2D eigenvalue weighted by Gasteiger charge is -2.10. The van der Waals surface area contributed by atoms with Gasteiger partial charge < -0.3 is 14.2 Å². The molecule has 0 heterocycles. The van der Waals surface area contributed by atoms with Crippen molar-refractivity contribution in [2.45, 2.75) is 0 Å². The third-order valence-corrected chi connectivity index (χ3v) is 2.28. The maximum atomic E-state index is 11.9. The van der Waals surface area contributed by atoms with E-state index in [-0.39, 0.29) is 16.7 Å². The average molecular weight is 288 g/mol. The molecule has 0 unspecified atom stereocenters. The summed E-state index contributed by atoms with van der Waals surface area (Å²) in [6.07, 6.45) is 2.68. The second-order valence-electron chi connectivity index (χ2n) is 3.44. The highest BCUT2D eigenvalue weighted by atomic mass is 16.5. The molecule has 0 fully saturated rings. The fraction of sp³-hybridized carbons (Fsp3) is 0. The van der Waals surface area contributed by atoms with Gasteiger partial charge in [-0.2, -0.15) is 0 Å². The van der Waals surface area contributed by atoms with E-state index in [1.54, 1.807) is 0 Å². The molecule has 0 aliphatic rings. The van der Waals surface area contributed by atoms with E-state index < -0.39 is 17.9 Å². The number of ether oxygens (including phenoxy) is 3. The van der Waals surface area contributed by atoms with Crippen molar-refractivity contribution in [3.8, 4) is 0 Å². The topological polar surface area (TPSA) is 78.9 Å². The van der Waals surface area contributed by atoms with Crippen LogP contribution in [0.4, 0.5) is 0 Å². The van der Waals surface area contributed by atoms with Crippen molar-refractivity contribution in [1.29, 1.82) is 0 Å². The smallest absolute Gasteiger partial charge is 0.344 e. The maximum Gasteiger partial charge on any atom is 0.344 e. The van der Waals surface area contributed by atoms with Gasteiger partial charge in [0, 0.05) is 0 Å². The van der Waals surface area contributed by atoms with Gasteiger partial charge in [-0.25, -0.2) is 14.4 Å². The van der Waals surface area contributed by atoms with Crippen molar-refractivity contribution in [3.63, 3.8) is 0 Å². The summed E-state index contributed by atoms with van der Waals surface area (Å²) in [5, 5.41) is 0. The van der Waals surface area contributed by atoms with E-state index in [0.717, 1.165) is 18.8 Å². The standard InChI is InChI=1S/C15H12O6/c1-4-19-13(16)10-8-7-9-11(14(17)20-5-2)12(10)15(18)21-6-3/h4-9H,1-3H2. The Balaban J connectivity index is 3.46. The first-order chi connectivity index (χ1) is 10.1. The molecule has 0 atom stereocenters. The molecule has 0 aliphatic heterocycles. The van der Waals surface area contributed by atoms with Gasteiger partial charge >= 0.3 is 17.9 Å². The number of hydrogen-bond donors (Lipinski definition) is 0. The first-order valence-corrected chi connectivity index (χ1v) is 5.65. The summed E-state index contributed by atoms with van der Waals surface area (Å²) in [5.41, 5.74) is -0.628. The Kier molecular flexibility index (Phi) is 5.64. The Bertz CT molecular complexity index is 574.